The summed E-state index contributed by atoms with van der Waals surface area (Å²) in [7, 11) is 0. The Balaban J connectivity index is 1.42. The van der Waals surface area contributed by atoms with E-state index in [1.165, 1.54) is 5.56 Å². The molecule has 1 aromatic carbocycles. The largest absolute Gasteiger partial charge is 0.353 e. The highest BCUT2D eigenvalue weighted by Crippen LogP contribution is 2.21. The Morgan fingerprint density at radius 3 is 2.55 bits per heavy atom. The number of amides is 1. The molecule has 1 fully saturated rings. The van der Waals surface area contributed by atoms with Crippen LogP contribution < -0.4 is 4.90 Å². The van der Waals surface area contributed by atoms with Crippen molar-refractivity contribution < 1.29 is 4.79 Å². The van der Waals surface area contributed by atoms with Gasteiger partial charge in [-0.1, -0.05) is 36.8 Å². The average molecular weight is 390 g/mol. The molecule has 1 aliphatic rings. The quantitative estimate of drug-likeness (QED) is 0.673. The van der Waals surface area contributed by atoms with E-state index in [9.17, 15) is 4.79 Å². The van der Waals surface area contributed by atoms with E-state index >= 15 is 0 Å². The van der Waals surface area contributed by atoms with Gasteiger partial charge in [0.1, 0.15) is 12.4 Å². The topological polar surface area (TPSA) is 54.3 Å². The van der Waals surface area contributed by atoms with Crippen molar-refractivity contribution in [2.75, 3.05) is 31.1 Å². The highest BCUT2D eigenvalue weighted by molar-refractivity contribution is 5.76. The molecule has 29 heavy (non-hydrogen) atoms. The van der Waals surface area contributed by atoms with E-state index in [0.29, 0.717) is 19.6 Å². The minimum atomic E-state index is 0.124. The Hall–Kier alpha value is -3.15. The third kappa shape index (κ3) is 4.31. The number of benzene rings is 1. The third-order valence-electron chi connectivity index (χ3n) is 5.43. The number of anilines is 1. The van der Waals surface area contributed by atoms with Gasteiger partial charge in [-0.15, -0.1) is 0 Å². The fraction of sp³-hybridized carbons (Fsp3) is 0.348. The molecule has 0 unspecified atom stereocenters. The molecule has 2 aromatic heterocycles. The summed E-state index contributed by atoms with van der Waals surface area (Å²) in [4.78, 5) is 21.5. The Morgan fingerprint density at radius 1 is 1.03 bits per heavy atom. The maximum absolute atomic E-state index is 12.9. The zero-order valence-corrected chi connectivity index (χ0v) is 17.1. The number of hydrogen-bond acceptors (Lipinski definition) is 4. The summed E-state index contributed by atoms with van der Waals surface area (Å²) in [5, 5.41) is 4.74. The molecule has 0 radical (unpaired) electrons. The smallest absolute Gasteiger partial charge is 0.244 e. The van der Waals surface area contributed by atoms with Crippen molar-refractivity contribution in [3.8, 4) is 11.3 Å². The number of piperazine rings is 1. The molecule has 1 aliphatic heterocycles. The molecule has 3 aromatic rings. The molecule has 1 amide bonds. The fourth-order valence-electron chi connectivity index (χ4n) is 3.78. The summed E-state index contributed by atoms with van der Waals surface area (Å²) in [6.07, 6.45) is 2.65. The van der Waals surface area contributed by atoms with Crippen molar-refractivity contribution >= 4 is 11.7 Å². The van der Waals surface area contributed by atoms with Crippen LogP contribution in [-0.2, 0) is 17.8 Å². The molecule has 150 valence electrons. The molecule has 3 heterocycles. The van der Waals surface area contributed by atoms with Gasteiger partial charge >= 0.3 is 0 Å². The number of hydrogen-bond donors (Lipinski definition) is 0. The van der Waals surface area contributed by atoms with Crippen molar-refractivity contribution in [2.24, 2.45) is 0 Å². The van der Waals surface area contributed by atoms with Gasteiger partial charge in [0.25, 0.3) is 0 Å². The van der Waals surface area contributed by atoms with Gasteiger partial charge in [-0.2, -0.15) is 5.10 Å². The molecule has 0 spiro atoms. The fourth-order valence-corrected chi connectivity index (χ4v) is 3.78. The number of pyridine rings is 1. The van der Waals surface area contributed by atoms with Crippen molar-refractivity contribution in [2.45, 2.75) is 26.8 Å². The molecule has 0 saturated carbocycles. The summed E-state index contributed by atoms with van der Waals surface area (Å²) in [6, 6.07) is 16.3. The van der Waals surface area contributed by atoms with Gasteiger partial charge in [0.05, 0.1) is 5.69 Å². The van der Waals surface area contributed by atoms with Crippen LogP contribution in [-0.4, -0.2) is 51.8 Å². The predicted octanol–water partition coefficient (Wildman–Crippen LogP) is 3.16. The van der Waals surface area contributed by atoms with Crippen LogP contribution in [0.15, 0.2) is 54.7 Å². The second-order valence-corrected chi connectivity index (χ2v) is 7.46. The van der Waals surface area contributed by atoms with Crippen LogP contribution in [0, 0.1) is 6.92 Å². The van der Waals surface area contributed by atoms with Gasteiger partial charge in [-0.3, -0.25) is 9.48 Å². The summed E-state index contributed by atoms with van der Waals surface area (Å²) < 4.78 is 1.87. The summed E-state index contributed by atoms with van der Waals surface area (Å²) in [6.45, 7) is 7.50. The summed E-state index contributed by atoms with van der Waals surface area (Å²) in [5.41, 5.74) is 4.31. The molecule has 0 atom stereocenters. The van der Waals surface area contributed by atoms with Gasteiger partial charge in [-0.25, -0.2) is 4.98 Å². The molecule has 0 bridgehead atoms. The maximum Gasteiger partial charge on any atom is 0.244 e. The van der Waals surface area contributed by atoms with Crippen molar-refractivity contribution in [1.29, 1.82) is 0 Å². The first-order valence-electron chi connectivity index (χ1n) is 10.2. The van der Waals surface area contributed by atoms with E-state index in [2.05, 4.69) is 48.0 Å². The Labute approximate surface area is 171 Å². The Bertz CT molecular complexity index is 974. The molecular weight excluding hydrogens is 362 g/mol. The highest BCUT2D eigenvalue weighted by Gasteiger charge is 2.23. The van der Waals surface area contributed by atoms with Crippen LogP contribution in [0.4, 0.5) is 5.82 Å². The zero-order chi connectivity index (χ0) is 20.2. The van der Waals surface area contributed by atoms with E-state index in [1.54, 1.807) is 0 Å². The second-order valence-electron chi connectivity index (χ2n) is 7.46. The Morgan fingerprint density at radius 2 is 1.86 bits per heavy atom. The SMILES string of the molecule is CCc1cc(-c2cccc(C)c2)nn1CC(=O)N1CCN(c2ccccn2)CC1. The zero-order valence-electron chi connectivity index (χ0n) is 17.1. The number of aromatic nitrogens is 3. The second kappa shape index (κ2) is 8.47. The third-order valence-corrected chi connectivity index (χ3v) is 5.43. The molecule has 4 rings (SSSR count). The van der Waals surface area contributed by atoms with Crippen LogP contribution in [0.25, 0.3) is 11.3 Å². The number of aryl methyl sites for hydroxylation is 2. The molecule has 0 N–H and O–H groups in total. The minimum Gasteiger partial charge on any atom is -0.353 e. The molecule has 1 saturated heterocycles. The number of carbonyl (C=O) groups is 1. The normalized spacial score (nSPS) is 14.3. The van der Waals surface area contributed by atoms with Crippen LogP contribution in [0.2, 0.25) is 0 Å². The van der Waals surface area contributed by atoms with Crippen molar-refractivity contribution in [3.63, 3.8) is 0 Å². The number of carbonyl (C=O) groups excluding carboxylic acids is 1. The van der Waals surface area contributed by atoms with E-state index in [4.69, 9.17) is 5.10 Å². The van der Waals surface area contributed by atoms with Crippen LogP contribution in [0.1, 0.15) is 18.2 Å². The van der Waals surface area contributed by atoms with Crippen molar-refractivity contribution in [1.82, 2.24) is 19.7 Å². The molecule has 6 heteroatoms. The van der Waals surface area contributed by atoms with E-state index in [0.717, 1.165) is 42.3 Å². The first-order valence-corrected chi connectivity index (χ1v) is 10.2. The summed E-state index contributed by atoms with van der Waals surface area (Å²) in [5.74, 6) is 1.10. The van der Waals surface area contributed by atoms with Crippen molar-refractivity contribution in [3.05, 3.63) is 66.0 Å². The van der Waals surface area contributed by atoms with Gasteiger partial charge in [0.2, 0.25) is 5.91 Å². The predicted molar refractivity (Wildman–Crippen MR) is 115 cm³/mol. The monoisotopic (exact) mass is 389 g/mol. The molecule has 6 nitrogen and oxygen atoms in total. The van der Waals surface area contributed by atoms with Gasteiger partial charge in [0, 0.05) is 43.6 Å². The van der Waals surface area contributed by atoms with Crippen LogP contribution in [0.3, 0.4) is 0 Å². The minimum absolute atomic E-state index is 0.124. The van der Waals surface area contributed by atoms with E-state index in [-0.39, 0.29) is 5.91 Å². The lowest BCUT2D eigenvalue weighted by Gasteiger charge is -2.35. The Kier molecular flexibility index (Phi) is 5.60. The van der Waals surface area contributed by atoms with Gasteiger partial charge in [-0.05, 0) is 37.6 Å². The lowest BCUT2D eigenvalue weighted by Crippen LogP contribution is -2.50. The molecular formula is C23H27N5O. The highest BCUT2D eigenvalue weighted by atomic mass is 16.2. The lowest BCUT2D eigenvalue weighted by molar-refractivity contribution is -0.132. The number of nitrogens with zero attached hydrogens (tertiary/aromatic N) is 5. The van der Waals surface area contributed by atoms with E-state index in [1.807, 2.05) is 40.0 Å². The van der Waals surface area contributed by atoms with E-state index < -0.39 is 0 Å². The van der Waals surface area contributed by atoms with Crippen LogP contribution in [0.5, 0.6) is 0 Å². The lowest BCUT2D eigenvalue weighted by atomic mass is 10.1. The maximum atomic E-state index is 12.9. The first kappa shape index (κ1) is 19.2. The number of rotatable bonds is 5. The van der Waals surface area contributed by atoms with Gasteiger partial charge in [0.15, 0.2) is 0 Å². The summed E-state index contributed by atoms with van der Waals surface area (Å²) >= 11 is 0. The van der Waals surface area contributed by atoms with Crippen LogP contribution >= 0.6 is 0 Å². The molecule has 0 aliphatic carbocycles. The van der Waals surface area contributed by atoms with Gasteiger partial charge < -0.3 is 9.80 Å². The standard InChI is InChI=1S/C23H27N5O/c1-3-20-16-21(19-8-6-7-18(2)15-19)25-28(20)17-23(29)27-13-11-26(12-14-27)22-9-4-5-10-24-22/h4-10,15-16H,3,11-14,17H2,1-2H3. The average Bonchev–Trinajstić information content (AvgIpc) is 3.17. The first-order chi connectivity index (χ1) is 14.1.